The van der Waals surface area contributed by atoms with Crippen molar-refractivity contribution in [2.24, 2.45) is 0 Å². The Morgan fingerprint density at radius 2 is 1.96 bits per heavy atom. The highest BCUT2D eigenvalue weighted by atomic mass is 35.5. The Morgan fingerprint density at radius 3 is 2.61 bits per heavy atom. The zero-order valence-corrected chi connectivity index (χ0v) is 13.9. The number of pyridine rings is 1. The summed E-state index contributed by atoms with van der Waals surface area (Å²) in [5.74, 6) is -0.166. The van der Waals surface area contributed by atoms with Crippen molar-refractivity contribution >= 4 is 33.9 Å². The lowest BCUT2D eigenvalue weighted by molar-refractivity contribution is 0.350. The molecule has 0 saturated heterocycles. The van der Waals surface area contributed by atoms with Crippen molar-refractivity contribution in [3.63, 3.8) is 0 Å². The fourth-order valence-corrected chi connectivity index (χ4v) is 3.00. The molecule has 1 aliphatic carbocycles. The smallest absolute Gasteiger partial charge is 0.236 e. The van der Waals surface area contributed by atoms with Crippen LogP contribution in [0.15, 0.2) is 18.3 Å². The number of nitrogen functional groups attached to an aromatic ring is 1. The van der Waals surface area contributed by atoms with Gasteiger partial charge in [-0.05, 0) is 23.7 Å². The van der Waals surface area contributed by atoms with Crippen LogP contribution >= 0.6 is 23.2 Å². The van der Waals surface area contributed by atoms with Gasteiger partial charge in [-0.2, -0.15) is 0 Å². The minimum absolute atomic E-state index is 0.0178. The Bertz CT molecular complexity index is 812. The first kappa shape index (κ1) is 16.0. The van der Waals surface area contributed by atoms with Gasteiger partial charge in [-0.3, -0.25) is 0 Å². The van der Waals surface area contributed by atoms with Crippen molar-refractivity contribution in [2.75, 3.05) is 12.8 Å². The Labute approximate surface area is 142 Å². The van der Waals surface area contributed by atoms with Crippen LogP contribution in [0.1, 0.15) is 24.1 Å². The predicted molar refractivity (Wildman–Crippen MR) is 88.4 cm³/mol. The summed E-state index contributed by atoms with van der Waals surface area (Å²) in [5.41, 5.74) is 8.31. The van der Waals surface area contributed by atoms with Gasteiger partial charge in [-0.25, -0.2) is 19.3 Å². The zero-order valence-electron chi connectivity index (χ0n) is 12.3. The standard InChI is InChI=1S/C15H13Cl2FN4O/c1-6-9(18)4-8(16)13-11(6)12(21-15(17)22-13)7-3-10(19)14(23-2)20-5-7/h3-6,9H,19H2,1-2H3. The minimum atomic E-state index is -1.23. The number of rotatable bonds is 2. The molecule has 0 aromatic carbocycles. The van der Waals surface area contributed by atoms with E-state index in [0.29, 0.717) is 34.1 Å². The molecule has 2 N–H and O–H groups in total. The number of halogens is 3. The molecule has 0 fully saturated rings. The molecule has 2 heterocycles. The van der Waals surface area contributed by atoms with Crippen LogP contribution in [0.5, 0.6) is 5.88 Å². The van der Waals surface area contributed by atoms with Gasteiger partial charge in [0.05, 0.1) is 29.2 Å². The summed E-state index contributed by atoms with van der Waals surface area (Å²) in [5, 5.41) is 0.231. The lowest BCUT2D eigenvalue weighted by Crippen LogP contribution is -2.18. The van der Waals surface area contributed by atoms with Crippen LogP contribution in [0.25, 0.3) is 16.3 Å². The van der Waals surface area contributed by atoms with Crippen LogP contribution in [0.4, 0.5) is 10.1 Å². The highest BCUT2D eigenvalue weighted by Gasteiger charge is 2.31. The van der Waals surface area contributed by atoms with Crippen LogP contribution in [0.3, 0.4) is 0 Å². The van der Waals surface area contributed by atoms with Crippen molar-refractivity contribution < 1.29 is 9.13 Å². The number of aromatic nitrogens is 3. The van der Waals surface area contributed by atoms with E-state index in [1.165, 1.54) is 13.2 Å². The molecule has 2 aromatic heterocycles. The first-order valence-corrected chi connectivity index (χ1v) is 7.57. The van der Waals surface area contributed by atoms with Gasteiger partial charge in [0.25, 0.3) is 0 Å². The maximum atomic E-state index is 14.2. The third-order valence-electron chi connectivity index (χ3n) is 3.73. The van der Waals surface area contributed by atoms with E-state index >= 15 is 0 Å². The average Bonchev–Trinajstić information content (AvgIpc) is 2.52. The first-order chi connectivity index (χ1) is 10.9. The molecule has 5 nitrogen and oxygen atoms in total. The van der Waals surface area contributed by atoms with Gasteiger partial charge in [0.2, 0.25) is 11.2 Å². The van der Waals surface area contributed by atoms with Gasteiger partial charge in [0, 0.05) is 23.2 Å². The first-order valence-electron chi connectivity index (χ1n) is 6.81. The lowest BCUT2D eigenvalue weighted by Gasteiger charge is -2.25. The van der Waals surface area contributed by atoms with Crippen molar-refractivity contribution in [2.45, 2.75) is 19.0 Å². The van der Waals surface area contributed by atoms with Crippen LogP contribution in [-0.4, -0.2) is 28.2 Å². The molecule has 120 valence electrons. The largest absolute Gasteiger partial charge is 0.480 e. The minimum Gasteiger partial charge on any atom is -0.480 e. The second-order valence-corrected chi connectivity index (χ2v) is 5.92. The topological polar surface area (TPSA) is 73.9 Å². The Kier molecular flexibility index (Phi) is 4.12. The monoisotopic (exact) mass is 354 g/mol. The Hall–Kier alpha value is -1.92. The molecule has 0 radical (unpaired) electrons. The fourth-order valence-electron chi connectivity index (χ4n) is 2.57. The molecule has 3 rings (SSSR count). The van der Waals surface area contributed by atoms with E-state index in [-0.39, 0.29) is 10.3 Å². The molecule has 0 spiro atoms. The quantitative estimate of drug-likeness (QED) is 0.829. The van der Waals surface area contributed by atoms with Crippen molar-refractivity contribution in [3.8, 4) is 17.1 Å². The van der Waals surface area contributed by atoms with Crippen molar-refractivity contribution in [1.29, 1.82) is 0 Å². The second kappa shape index (κ2) is 5.94. The molecular weight excluding hydrogens is 342 g/mol. The second-order valence-electron chi connectivity index (χ2n) is 5.17. The third-order valence-corrected chi connectivity index (χ3v) is 4.20. The zero-order chi connectivity index (χ0) is 16.7. The summed E-state index contributed by atoms with van der Waals surface area (Å²) in [6.45, 7) is 1.74. The summed E-state index contributed by atoms with van der Waals surface area (Å²) in [6, 6.07) is 1.65. The van der Waals surface area contributed by atoms with E-state index in [1.807, 2.05) is 0 Å². The molecule has 23 heavy (non-hydrogen) atoms. The number of fused-ring (bicyclic) bond motifs is 1. The molecule has 0 saturated carbocycles. The molecule has 0 bridgehead atoms. The number of methoxy groups -OCH3 is 1. The highest BCUT2D eigenvalue weighted by Crippen LogP contribution is 2.42. The van der Waals surface area contributed by atoms with E-state index in [9.17, 15) is 4.39 Å². The van der Waals surface area contributed by atoms with Crippen molar-refractivity contribution in [3.05, 3.63) is 34.9 Å². The van der Waals surface area contributed by atoms with Gasteiger partial charge in [0.1, 0.15) is 6.17 Å². The molecule has 2 atom stereocenters. The predicted octanol–water partition coefficient (Wildman–Crippen LogP) is 3.82. The van der Waals surface area contributed by atoms with Crippen LogP contribution in [0.2, 0.25) is 5.28 Å². The van der Waals surface area contributed by atoms with Crippen LogP contribution in [-0.2, 0) is 0 Å². The van der Waals surface area contributed by atoms with Crippen LogP contribution in [0, 0.1) is 0 Å². The molecule has 0 amide bonds. The Morgan fingerprint density at radius 1 is 1.26 bits per heavy atom. The Balaban J connectivity index is 2.25. The summed E-state index contributed by atoms with van der Waals surface area (Å²) >= 11 is 12.1. The number of alkyl halides is 1. The third kappa shape index (κ3) is 2.72. The van der Waals surface area contributed by atoms with Crippen molar-refractivity contribution in [1.82, 2.24) is 15.0 Å². The SMILES string of the molecule is COc1ncc(-c2nc(Cl)nc3c2C(C)C(F)C=C3Cl)cc1N. The van der Waals surface area contributed by atoms with E-state index in [1.54, 1.807) is 19.2 Å². The highest BCUT2D eigenvalue weighted by molar-refractivity contribution is 6.49. The van der Waals surface area contributed by atoms with Gasteiger partial charge in [-0.1, -0.05) is 18.5 Å². The number of ether oxygens (including phenoxy) is 1. The van der Waals surface area contributed by atoms with E-state index in [4.69, 9.17) is 33.7 Å². The van der Waals surface area contributed by atoms with Gasteiger partial charge in [0.15, 0.2) is 0 Å². The molecule has 2 aromatic rings. The van der Waals surface area contributed by atoms with Gasteiger partial charge >= 0.3 is 0 Å². The lowest BCUT2D eigenvalue weighted by atomic mass is 9.87. The molecule has 8 heteroatoms. The van der Waals surface area contributed by atoms with Crippen LogP contribution < -0.4 is 10.5 Å². The molecule has 0 aliphatic heterocycles. The fraction of sp³-hybridized carbons (Fsp3) is 0.267. The number of hydrogen-bond donors (Lipinski definition) is 1. The molecular formula is C15H13Cl2FN4O. The van der Waals surface area contributed by atoms with E-state index in [0.717, 1.165) is 0 Å². The average molecular weight is 355 g/mol. The number of allylic oxidation sites excluding steroid dienone is 1. The summed E-state index contributed by atoms with van der Waals surface area (Å²) in [6.07, 6.45) is 1.63. The summed E-state index contributed by atoms with van der Waals surface area (Å²) < 4.78 is 19.2. The molecule has 1 aliphatic rings. The summed E-state index contributed by atoms with van der Waals surface area (Å²) in [4.78, 5) is 12.5. The number of nitrogens with zero attached hydrogens (tertiary/aromatic N) is 3. The molecule has 2 unspecified atom stereocenters. The number of hydrogen-bond acceptors (Lipinski definition) is 5. The maximum Gasteiger partial charge on any atom is 0.236 e. The number of anilines is 1. The van der Waals surface area contributed by atoms with E-state index < -0.39 is 12.1 Å². The van der Waals surface area contributed by atoms with Gasteiger partial charge < -0.3 is 10.5 Å². The van der Waals surface area contributed by atoms with Gasteiger partial charge in [-0.15, -0.1) is 0 Å². The number of nitrogens with two attached hydrogens (primary N) is 1. The van der Waals surface area contributed by atoms with E-state index in [2.05, 4.69) is 15.0 Å². The summed E-state index contributed by atoms with van der Waals surface area (Å²) in [7, 11) is 1.47. The normalized spacial score (nSPS) is 20.0. The maximum absolute atomic E-state index is 14.2.